The second-order valence-electron chi connectivity index (χ2n) is 8.49. The Morgan fingerprint density at radius 3 is 2.58 bits per heavy atom. The first-order chi connectivity index (χ1) is 15.8. The minimum atomic E-state index is -0.306. The van der Waals surface area contributed by atoms with E-state index in [4.69, 9.17) is 11.6 Å². The van der Waals surface area contributed by atoms with Crippen molar-refractivity contribution in [2.45, 2.75) is 26.7 Å². The van der Waals surface area contributed by atoms with Crippen LogP contribution < -0.4 is 10.2 Å². The first-order valence-corrected chi connectivity index (χ1v) is 11.3. The van der Waals surface area contributed by atoms with Crippen LogP contribution in [-0.4, -0.2) is 28.5 Å². The lowest BCUT2D eigenvalue weighted by Crippen LogP contribution is -2.19. The molecule has 168 valence electrons. The number of hydrogen-bond acceptors (Lipinski definition) is 4. The molecule has 0 unspecified atom stereocenters. The molecule has 0 saturated carbocycles. The van der Waals surface area contributed by atoms with Crippen molar-refractivity contribution < 1.29 is 9.72 Å². The van der Waals surface area contributed by atoms with Crippen LogP contribution in [0.5, 0.6) is 0 Å². The number of fused-ring (bicyclic) bond motifs is 1. The monoisotopic (exact) mass is 462 g/mol. The summed E-state index contributed by atoms with van der Waals surface area (Å²) in [5.41, 5.74) is 6.29. The molecule has 33 heavy (non-hydrogen) atoms. The van der Waals surface area contributed by atoms with Crippen molar-refractivity contribution in [3.05, 3.63) is 80.1 Å². The van der Waals surface area contributed by atoms with Gasteiger partial charge in [0.15, 0.2) is 0 Å². The van der Waals surface area contributed by atoms with Gasteiger partial charge in [0.1, 0.15) is 5.69 Å². The number of nitro benzene ring substituents is 1. The molecule has 7 nitrogen and oxygen atoms in total. The molecule has 0 bridgehead atoms. The Kier molecular flexibility index (Phi) is 5.21. The van der Waals surface area contributed by atoms with Gasteiger partial charge in [0, 0.05) is 46.7 Å². The molecule has 2 aliphatic rings. The van der Waals surface area contributed by atoms with Gasteiger partial charge in [-0.25, -0.2) is 0 Å². The van der Waals surface area contributed by atoms with E-state index in [1.165, 1.54) is 0 Å². The van der Waals surface area contributed by atoms with Crippen LogP contribution >= 0.6 is 11.6 Å². The van der Waals surface area contributed by atoms with Gasteiger partial charge in [0.25, 0.3) is 11.6 Å². The van der Waals surface area contributed by atoms with Crippen LogP contribution in [0.1, 0.15) is 35.4 Å². The molecule has 1 saturated heterocycles. The highest BCUT2D eigenvalue weighted by Gasteiger charge is 2.26. The van der Waals surface area contributed by atoms with Crippen LogP contribution in [0.3, 0.4) is 0 Å². The van der Waals surface area contributed by atoms with Crippen molar-refractivity contribution in [1.29, 1.82) is 0 Å². The van der Waals surface area contributed by atoms with Crippen molar-refractivity contribution in [1.82, 2.24) is 4.57 Å². The number of aryl methyl sites for hydroxylation is 1. The SMILES string of the molecule is Cc1cc(/C=C2/C(=O)Nc3cc(Cl)ccc32)c(C)n1-c1ccc(N2CCCC2)c([N+](=O)[O-])c1. The number of nitro groups is 1. The van der Waals surface area contributed by atoms with Crippen LogP contribution in [0, 0.1) is 24.0 Å². The van der Waals surface area contributed by atoms with Crippen molar-refractivity contribution in [2.75, 3.05) is 23.3 Å². The highest BCUT2D eigenvalue weighted by molar-refractivity contribution is 6.36. The zero-order chi connectivity index (χ0) is 23.3. The van der Waals surface area contributed by atoms with Crippen molar-refractivity contribution in [3.8, 4) is 5.69 Å². The molecule has 2 aromatic carbocycles. The van der Waals surface area contributed by atoms with E-state index in [0.29, 0.717) is 22.0 Å². The Bertz CT molecular complexity index is 1340. The molecule has 3 aromatic rings. The molecule has 0 aliphatic carbocycles. The summed E-state index contributed by atoms with van der Waals surface area (Å²) in [6.45, 7) is 5.59. The van der Waals surface area contributed by atoms with Gasteiger partial charge in [-0.1, -0.05) is 17.7 Å². The van der Waals surface area contributed by atoms with Gasteiger partial charge in [0.05, 0.1) is 16.3 Å². The van der Waals surface area contributed by atoms with Crippen molar-refractivity contribution in [2.24, 2.45) is 0 Å². The Hall–Kier alpha value is -3.58. The molecule has 3 heterocycles. The summed E-state index contributed by atoms with van der Waals surface area (Å²) in [5, 5.41) is 15.3. The molecule has 1 amide bonds. The minimum Gasteiger partial charge on any atom is -0.366 e. The second kappa shape index (κ2) is 8.08. The van der Waals surface area contributed by atoms with Crippen LogP contribution in [-0.2, 0) is 4.79 Å². The first kappa shape index (κ1) is 21.3. The number of carbonyl (C=O) groups excluding carboxylic acids is 1. The Morgan fingerprint density at radius 2 is 1.85 bits per heavy atom. The third-order valence-electron chi connectivity index (χ3n) is 6.40. The number of nitrogens with zero attached hydrogens (tertiary/aromatic N) is 3. The predicted molar refractivity (Wildman–Crippen MR) is 131 cm³/mol. The Morgan fingerprint density at radius 1 is 1.09 bits per heavy atom. The second-order valence-corrected chi connectivity index (χ2v) is 8.92. The van der Waals surface area contributed by atoms with Gasteiger partial charge in [-0.15, -0.1) is 0 Å². The zero-order valence-electron chi connectivity index (χ0n) is 18.4. The van der Waals surface area contributed by atoms with E-state index < -0.39 is 0 Å². The molecular weight excluding hydrogens is 440 g/mol. The lowest BCUT2D eigenvalue weighted by atomic mass is 10.0. The molecule has 0 radical (unpaired) electrons. The summed E-state index contributed by atoms with van der Waals surface area (Å²) in [6, 6.07) is 12.7. The van der Waals surface area contributed by atoms with Crippen LogP contribution in [0.4, 0.5) is 17.1 Å². The highest BCUT2D eigenvalue weighted by atomic mass is 35.5. The summed E-state index contributed by atoms with van der Waals surface area (Å²) in [4.78, 5) is 26.2. The third-order valence-corrected chi connectivity index (χ3v) is 6.63. The molecule has 8 heteroatoms. The number of amides is 1. The normalized spacial score (nSPS) is 16.4. The van der Waals surface area contributed by atoms with E-state index in [1.54, 1.807) is 18.2 Å². The molecule has 5 rings (SSSR count). The number of hydrogen-bond donors (Lipinski definition) is 1. The van der Waals surface area contributed by atoms with Gasteiger partial charge < -0.3 is 14.8 Å². The summed E-state index contributed by atoms with van der Waals surface area (Å²) < 4.78 is 1.99. The summed E-state index contributed by atoms with van der Waals surface area (Å²) in [5.74, 6) is -0.178. The number of aromatic nitrogens is 1. The van der Waals surface area contributed by atoms with E-state index in [0.717, 1.165) is 54.1 Å². The van der Waals surface area contributed by atoms with Crippen LogP contribution in [0.2, 0.25) is 5.02 Å². The molecule has 2 aliphatic heterocycles. The lowest BCUT2D eigenvalue weighted by Gasteiger charge is -2.19. The van der Waals surface area contributed by atoms with E-state index in [2.05, 4.69) is 10.2 Å². The third kappa shape index (κ3) is 3.68. The summed E-state index contributed by atoms with van der Waals surface area (Å²) in [6.07, 6.45) is 3.96. The highest BCUT2D eigenvalue weighted by Crippen LogP contribution is 2.37. The molecular formula is C25H23ClN4O3. The van der Waals surface area contributed by atoms with Crippen molar-refractivity contribution >= 4 is 46.2 Å². The van der Waals surface area contributed by atoms with Crippen LogP contribution in [0.15, 0.2) is 42.5 Å². The molecule has 1 aromatic heterocycles. The average molecular weight is 463 g/mol. The molecule has 0 spiro atoms. The summed E-state index contributed by atoms with van der Waals surface area (Å²) >= 11 is 6.06. The number of halogens is 1. The quantitative estimate of drug-likeness (QED) is 0.304. The van der Waals surface area contributed by atoms with Crippen molar-refractivity contribution in [3.63, 3.8) is 0 Å². The maximum absolute atomic E-state index is 12.6. The smallest absolute Gasteiger partial charge is 0.294 e. The predicted octanol–water partition coefficient (Wildman–Crippen LogP) is 5.75. The van der Waals surface area contributed by atoms with Gasteiger partial charge in [-0.2, -0.15) is 0 Å². The number of carbonyl (C=O) groups is 1. The van der Waals surface area contributed by atoms with Gasteiger partial charge in [-0.05, 0) is 68.7 Å². The topological polar surface area (TPSA) is 80.4 Å². The average Bonchev–Trinajstić information content (AvgIpc) is 3.47. The Balaban J connectivity index is 1.57. The van der Waals surface area contributed by atoms with Crippen LogP contribution in [0.25, 0.3) is 17.3 Å². The number of anilines is 2. The summed E-state index contributed by atoms with van der Waals surface area (Å²) in [7, 11) is 0. The maximum atomic E-state index is 12.6. The van der Waals surface area contributed by atoms with Gasteiger partial charge >= 0.3 is 0 Å². The van der Waals surface area contributed by atoms with E-state index in [-0.39, 0.29) is 16.5 Å². The van der Waals surface area contributed by atoms with E-state index >= 15 is 0 Å². The fourth-order valence-corrected chi connectivity index (χ4v) is 4.99. The Labute approximate surface area is 196 Å². The van der Waals surface area contributed by atoms with E-state index in [1.807, 2.05) is 48.8 Å². The number of nitrogens with one attached hydrogen (secondary N) is 1. The first-order valence-electron chi connectivity index (χ1n) is 10.9. The standard InChI is InChI=1S/C25H23ClN4O3/c1-15-11-17(12-21-20-7-5-18(26)13-22(20)27-25(21)31)16(2)29(15)19-6-8-23(24(14-19)30(32)33)28-9-3-4-10-28/h5-8,11-14H,3-4,9-10H2,1-2H3,(H,27,31)/b21-12+. The van der Waals surface area contributed by atoms with E-state index in [9.17, 15) is 14.9 Å². The fraction of sp³-hybridized carbons (Fsp3) is 0.240. The van der Waals surface area contributed by atoms with Gasteiger partial charge in [0.2, 0.25) is 0 Å². The maximum Gasteiger partial charge on any atom is 0.294 e. The number of rotatable bonds is 4. The minimum absolute atomic E-state index is 0.114. The zero-order valence-corrected chi connectivity index (χ0v) is 19.1. The molecule has 1 N–H and O–H groups in total. The molecule has 0 atom stereocenters. The largest absolute Gasteiger partial charge is 0.366 e. The lowest BCUT2D eigenvalue weighted by molar-refractivity contribution is -0.384. The fourth-order valence-electron chi connectivity index (χ4n) is 4.82. The number of benzene rings is 2. The van der Waals surface area contributed by atoms with Gasteiger partial charge in [-0.3, -0.25) is 14.9 Å². The molecule has 1 fully saturated rings.